The van der Waals surface area contributed by atoms with Crippen LogP contribution in [0.3, 0.4) is 0 Å². The number of likely N-dealkylation sites (tertiary alicyclic amines) is 2. The Balaban J connectivity index is 1.40. The van der Waals surface area contributed by atoms with Crippen molar-refractivity contribution < 1.29 is 23.9 Å². The van der Waals surface area contributed by atoms with Crippen molar-refractivity contribution in [3.05, 3.63) is 35.9 Å². The van der Waals surface area contributed by atoms with E-state index in [2.05, 4.69) is 5.32 Å². The molecule has 1 aromatic rings. The number of ether oxygens (including phenoxy) is 2. The molecule has 8 heteroatoms. The van der Waals surface area contributed by atoms with Crippen molar-refractivity contribution in [3.63, 3.8) is 0 Å². The molecule has 0 radical (unpaired) electrons. The first-order chi connectivity index (χ1) is 16.7. The lowest BCUT2D eigenvalue weighted by Crippen LogP contribution is -2.55. The average molecular weight is 486 g/mol. The summed E-state index contributed by atoms with van der Waals surface area (Å²) in [6, 6.07) is 8.95. The summed E-state index contributed by atoms with van der Waals surface area (Å²) < 4.78 is 11.0. The third kappa shape index (κ3) is 6.27. The van der Waals surface area contributed by atoms with Gasteiger partial charge in [-0.1, -0.05) is 49.6 Å². The van der Waals surface area contributed by atoms with E-state index in [-0.39, 0.29) is 36.6 Å². The first kappa shape index (κ1) is 25.3. The topological polar surface area (TPSA) is 88.2 Å². The number of hydrogen-bond acceptors (Lipinski definition) is 5. The first-order valence-electron chi connectivity index (χ1n) is 13.0. The molecule has 8 nitrogen and oxygen atoms in total. The van der Waals surface area contributed by atoms with E-state index in [0.29, 0.717) is 13.1 Å². The number of carbonyl (C=O) groups is 3. The van der Waals surface area contributed by atoms with Gasteiger partial charge in [-0.05, 0) is 57.9 Å². The van der Waals surface area contributed by atoms with Gasteiger partial charge < -0.3 is 24.6 Å². The second-order valence-corrected chi connectivity index (χ2v) is 11.0. The van der Waals surface area contributed by atoms with Gasteiger partial charge in [-0.15, -0.1) is 0 Å². The molecule has 3 aliphatic rings. The van der Waals surface area contributed by atoms with Crippen LogP contribution in [0.4, 0.5) is 9.59 Å². The Labute approximate surface area is 208 Å². The summed E-state index contributed by atoms with van der Waals surface area (Å²) in [4.78, 5) is 42.9. The predicted molar refractivity (Wildman–Crippen MR) is 132 cm³/mol. The summed E-state index contributed by atoms with van der Waals surface area (Å²) in [5.41, 5.74) is 0.318. The number of rotatable bonds is 5. The summed E-state index contributed by atoms with van der Waals surface area (Å²) in [5, 5.41) is 2.91. The number of carbonyl (C=O) groups excluding carboxylic acids is 3. The highest BCUT2D eigenvalue weighted by atomic mass is 16.6. The third-order valence-electron chi connectivity index (χ3n) is 7.36. The molecule has 1 unspecified atom stereocenters. The molecule has 192 valence electrons. The molecule has 0 bridgehead atoms. The molecule has 3 fully saturated rings. The second kappa shape index (κ2) is 10.9. The third-order valence-corrected chi connectivity index (χ3v) is 7.36. The molecule has 1 aromatic carbocycles. The van der Waals surface area contributed by atoms with Gasteiger partial charge in [-0.2, -0.15) is 0 Å². The molecule has 3 amide bonds. The quantitative estimate of drug-likeness (QED) is 0.665. The standard InChI is InChI=1S/C27H39N3O5/c1-27(2,3)35-25(32)28-23(20-12-8-5-9-13-20)24(31)29-16-14-22-21(29)15-17-30(22)26(33)34-18-19-10-6-4-7-11-19/h4,6-7,10-11,20-23H,5,8-9,12-18H2,1-3H3,(H,28,32)/t21-,22-,23?/m1/s1. The molecule has 1 saturated carbocycles. The van der Waals surface area contributed by atoms with Gasteiger partial charge in [0.15, 0.2) is 0 Å². The summed E-state index contributed by atoms with van der Waals surface area (Å²) in [7, 11) is 0. The average Bonchev–Trinajstić information content (AvgIpc) is 3.43. The zero-order valence-corrected chi connectivity index (χ0v) is 21.2. The zero-order chi connectivity index (χ0) is 25.0. The van der Waals surface area contributed by atoms with E-state index in [4.69, 9.17) is 9.47 Å². The first-order valence-corrected chi connectivity index (χ1v) is 13.0. The van der Waals surface area contributed by atoms with Crippen molar-refractivity contribution in [2.24, 2.45) is 5.92 Å². The highest BCUT2D eigenvalue weighted by Gasteiger charge is 2.49. The number of nitrogens with one attached hydrogen (secondary N) is 1. The van der Waals surface area contributed by atoms with Crippen LogP contribution in [0.15, 0.2) is 30.3 Å². The molecule has 0 aromatic heterocycles. The van der Waals surface area contributed by atoms with Gasteiger partial charge in [0, 0.05) is 13.1 Å². The Morgan fingerprint density at radius 2 is 1.57 bits per heavy atom. The van der Waals surface area contributed by atoms with Crippen LogP contribution in [-0.2, 0) is 20.9 Å². The highest BCUT2D eigenvalue weighted by molar-refractivity contribution is 5.87. The maximum atomic E-state index is 13.8. The van der Waals surface area contributed by atoms with Crippen molar-refractivity contribution in [1.82, 2.24) is 15.1 Å². The minimum atomic E-state index is -0.630. The Bertz CT molecular complexity index is 894. The van der Waals surface area contributed by atoms with Gasteiger partial charge in [-0.3, -0.25) is 4.79 Å². The molecule has 0 spiro atoms. The molecular formula is C27H39N3O5. The van der Waals surface area contributed by atoms with Crippen molar-refractivity contribution in [2.45, 2.75) is 96.1 Å². The van der Waals surface area contributed by atoms with Crippen LogP contribution in [-0.4, -0.2) is 64.7 Å². The normalized spacial score (nSPS) is 23.5. The monoisotopic (exact) mass is 485 g/mol. The Kier molecular flexibility index (Phi) is 7.87. The van der Waals surface area contributed by atoms with E-state index in [1.54, 1.807) is 4.90 Å². The van der Waals surface area contributed by atoms with E-state index < -0.39 is 17.7 Å². The minimum Gasteiger partial charge on any atom is -0.445 e. The summed E-state index contributed by atoms with van der Waals surface area (Å²) in [6.45, 7) is 6.84. The van der Waals surface area contributed by atoms with E-state index in [9.17, 15) is 14.4 Å². The lowest BCUT2D eigenvalue weighted by Gasteiger charge is -2.35. The summed E-state index contributed by atoms with van der Waals surface area (Å²) in [6.07, 6.45) is 5.72. The van der Waals surface area contributed by atoms with Crippen LogP contribution in [0.2, 0.25) is 0 Å². The van der Waals surface area contributed by atoms with E-state index >= 15 is 0 Å². The van der Waals surface area contributed by atoms with Gasteiger partial charge in [0.25, 0.3) is 0 Å². The summed E-state index contributed by atoms with van der Waals surface area (Å²) >= 11 is 0. The molecule has 4 rings (SSSR count). The molecule has 35 heavy (non-hydrogen) atoms. The number of hydrogen-bond donors (Lipinski definition) is 1. The Morgan fingerprint density at radius 1 is 0.943 bits per heavy atom. The lowest BCUT2D eigenvalue weighted by atomic mass is 9.83. The van der Waals surface area contributed by atoms with Gasteiger partial charge >= 0.3 is 12.2 Å². The van der Waals surface area contributed by atoms with Gasteiger partial charge in [-0.25, -0.2) is 9.59 Å². The fourth-order valence-electron chi connectivity index (χ4n) is 5.75. The Morgan fingerprint density at radius 3 is 2.23 bits per heavy atom. The van der Waals surface area contributed by atoms with Crippen LogP contribution in [0.1, 0.15) is 71.3 Å². The van der Waals surface area contributed by atoms with Gasteiger partial charge in [0.05, 0.1) is 12.1 Å². The van der Waals surface area contributed by atoms with Crippen molar-refractivity contribution in [3.8, 4) is 0 Å². The van der Waals surface area contributed by atoms with E-state index in [1.807, 2.05) is 56.0 Å². The van der Waals surface area contributed by atoms with Crippen molar-refractivity contribution in [1.29, 1.82) is 0 Å². The lowest BCUT2D eigenvalue weighted by molar-refractivity contribution is -0.136. The van der Waals surface area contributed by atoms with E-state index in [1.165, 1.54) is 0 Å². The van der Waals surface area contributed by atoms with Crippen molar-refractivity contribution in [2.75, 3.05) is 13.1 Å². The molecular weight excluding hydrogens is 446 g/mol. The maximum absolute atomic E-state index is 13.8. The van der Waals surface area contributed by atoms with E-state index in [0.717, 1.165) is 50.5 Å². The number of benzene rings is 1. The minimum absolute atomic E-state index is 0.0432. The number of fused-ring (bicyclic) bond motifs is 1. The number of nitrogens with zero attached hydrogens (tertiary/aromatic N) is 2. The van der Waals surface area contributed by atoms with Gasteiger partial charge in [0.1, 0.15) is 18.2 Å². The van der Waals surface area contributed by atoms with Crippen molar-refractivity contribution >= 4 is 18.1 Å². The zero-order valence-electron chi connectivity index (χ0n) is 21.2. The van der Waals surface area contributed by atoms with Crippen LogP contribution < -0.4 is 5.32 Å². The van der Waals surface area contributed by atoms with Crippen LogP contribution in [0.25, 0.3) is 0 Å². The van der Waals surface area contributed by atoms with Crippen LogP contribution >= 0.6 is 0 Å². The maximum Gasteiger partial charge on any atom is 0.410 e. The summed E-state index contributed by atoms with van der Waals surface area (Å²) in [5.74, 6) is 0.0610. The molecule has 2 heterocycles. The largest absolute Gasteiger partial charge is 0.445 e. The van der Waals surface area contributed by atoms with Gasteiger partial charge in [0.2, 0.25) is 5.91 Å². The molecule has 1 aliphatic carbocycles. The highest BCUT2D eigenvalue weighted by Crippen LogP contribution is 2.35. The number of amides is 3. The van der Waals surface area contributed by atoms with Crippen LogP contribution in [0.5, 0.6) is 0 Å². The number of alkyl carbamates (subject to hydrolysis) is 1. The fraction of sp³-hybridized carbons (Fsp3) is 0.667. The fourth-order valence-corrected chi connectivity index (χ4v) is 5.75. The molecule has 1 N–H and O–H groups in total. The second-order valence-electron chi connectivity index (χ2n) is 11.0. The predicted octanol–water partition coefficient (Wildman–Crippen LogP) is 4.47. The molecule has 2 saturated heterocycles. The molecule has 2 aliphatic heterocycles. The Hall–Kier alpha value is -2.77. The molecule has 3 atom stereocenters. The smallest absolute Gasteiger partial charge is 0.410 e. The van der Waals surface area contributed by atoms with Crippen LogP contribution in [0, 0.1) is 5.92 Å². The SMILES string of the molecule is CC(C)(C)OC(=O)NC(C(=O)N1CC[C@@H]2[C@H]1CCN2C(=O)OCc1ccccc1)C1CCCCC1.